The lowest BCUT2D eigenvalue weighted by molar-refractivity contribution is -0.113. The van der Waals surface area contributed by atoms with Crippen LogP contribution in [-0.2, 0) is 11.2 Å². The first-order valence-corrected chi connectivity index (χ1v) is 7.76. The first-order chi connectivity index (χ1) is 9.61. The Balaban J connectivity index is 1.92. The average molecular weight is 356 g/mol. The zero-order chi connectivity index (χ0) is 14.5. The Morgan fingerprint density at radius 2 is 2.20 bits per heavy atom. The molecule has 0 unspecified atom stereocenters. The summed E-state index contributed by atoms with van der Waals surface area (Å²) < 4.78 is 2.25. The van der Waals surface area contributed by atoms with Crippen LogP contribution in [0.2, 0.25) is 0 Å². The SMILES string of the molecule is CCc1nnc(SCC(=O)Nc2ccccc2Br)n1N. The Kier molecular flexibility index (Phi) is 5.02. The number of aryl methyl sites for hydroxylation is 1. The molecule has 3 N–H and O–H groups in total. The number of hydrogen-bond acceptors (Lipinski definition) is 5. The fraction of sp³-hybridized carbons (Fsp3) is 0.250. The summed E-state index contributed by atoms with van der Waals surface area (Å²) in [6.45, 7) is 1.95. The van der Waals surface area contributed by atoms with E-state index in [2.05, 4.69) is 31.4 Å². The molecular formula is C12H14BrN5OS. The first-order valence-electron chi connectivity index (χ1n) is 5.98. The molecule has 0 aliphatic heterocycles. The summed E-state index contributed by atoms with van der Waals surface area (Å²) in [4.78, 5) is 11.9. The lowest BCUT2D eigenvalue weighted by atomic mass is 10.3. The van der Waals surface area contributed by atoms with E-state index in [1.165, 1.54) is 16.4 Å². The number of hydrogen-bond donors (Lipinski definition) is 2. The Hall–Kier alpha value is -1.54. The van der Waals surface area contributed by atoms with Gasteiger partial charge < -0.3 is 11.2 Å². The summed E-state index contributed by atoms with van der Waals surface area (Å²) >= 11 is 4.63. The molecule has 8 heteroatoms. The van der Waals surface area contributed by atoms with Crippen LogP contribution >= 0.6 is 27.7 Å². The molecule has 0 bridgehead atoms. The van der Waals surface area contributed by atoms with Crippen LogP contribution in [-0.4, -0.2) is 26.5 Å². The van der Waals surface area contributed by atoms with Crippen LogP contribution in [0.5, 0.6) is 0 Å². The van der Waals surface area contributed by atoms with Crippen molar-refractivity contribution < 1.29 is 4.79 Å². The standard InChI is InChI=1S/C12H14BrN5OS/c1-2-10-16-17-12(18(10)14)20-7-11(19)15-9-6-4-3-5-8(9)13/h3-6H,2,7,14H2,1H3,(H,15,19). The number of aromatic nitrogens is 3. The molecular weight excluding hydrogens is 342 g/mol. The smallest absolute Gasteiger partial charge is 0.234 e. The van der Waals surface area contributed by atoms with E-state index < -0.39 is 0 Å². The van der Waals surface area contributed by atoms with Gasteiger partial charge in [-0.1, -0.05) is 30.8 Å². The van der Waals surface area contributed by atoms with Crippen LogP contribution < -0.4 is 11.2 Å². The topological polar surface area (TPSA) is 85.8 Å². The summed E-state index contributed by atoms with van der Waals surface area (Å²) in [5.74, 6) is 6.60. The number of nitrogen functional groups attached to an aromatic ring is 1. The molecule has 1 aromatic carbocycles. The minimum absolute atomic E-state index is 0.122. The number of thioether (sulfide) groups is 1. The van der Waals surface area contributed by atoms with Crippen molar-refractivity contribution in [1.29, 1.82) is 0 Å². The maximum Gasteiger partial charge on any atom is 0.234 e. The van der Waals surface area contributed by atoms with Gasteiger partial charge in [-0.3, -0.25) is 4.79 Å². The lowest BCUT2D eigenvalue weighted by Crippen LogP contribution is -2.17. The van der Waals surface area contributed by atoms with Crippen LogP contribution in [0, 0.1) is 0 Å². The van der Waals surface area contributed by atoms with Crippen molar-refractivity contribution in [2.45, 2.75) is 18.5 Å². The molecule has 1 aromatic heterocycles. The molecule has 2 aromatic rings. The largest absolute Gasteiger partial charge is 0.336 e. The van der Waals surface area contributed by atoms with Crippen molar-refractivity contribution in [3.63, 3.8) is 0 Å². The highest BCUT2D eigenvalue weighted by atomic mass is 79.9. The summed E-state index contributed by atoms with van der Waals surface area (Å²) in [7, 11) is 0. The van der Waals surface area contributed by atoms with Crippen LogP contribution in [0.25, 0.3) is 0 Å². The fourth-order valence-electron chi connectivity index (χ4n) is 1.53. The zero-order valence-corrected chi connectivity index (χ0v) is 13.2. The molecule has 0 atom stereocenters. The maximum absolute atomic E-state index is 11.9. The van der Waals surface area contributed by atoms with Crippen molar-refractivity contribution in [2.75, 3.05) is 16.9 Å². The van der Waals surface area contributed by atoms with E-state index >= 15 is 0 Å². The third kappa shape index (κ3) is 3.51. The van der Waals surface area contributed by atoms with Gasteiger partial charge in [-0.05, 0) is 28.1 Å². The number of nitrogens with one attached hydrogen (secondary N) is 1. The van der Waals surface area contributed by atoms with Gasteiger partial charge >= 0.3 is 0 Å². The van der Waals surface area contributed by atoms with E-state index in [1.807, 2.05) is 31.2 Å². The highest BCUT2D eigenvalue weighted by molar-refractivity contribution is 9.10. The Labute approximate surface area is 129 Å². The Morgan fingerprint density at radius 1 is 1.45 bits per heavy atom. The summed E-state index contributed by atoms with van der Waals surface area (Å²) in [6.07, 6.45) is 0.702. The Morgan fingerprint density at radius 3 is 2.85 bits per heavy atom. The molecule has 0 aliphatic carbocycles. The van der Waals surface area contributed by atoms with Gasteiger partial charge in [0.2, 0.25) is 11.1 Å². The van der Waals surface area contributed by atoms with E-state index in [4.69, 9.17) is 5.84 Å². The second-order valence-corrected chi connectivity index (χ2v) is 5.74. The third-order valence-corrected chi connectivity index (χ3v) is 4.17. The van der Waals surface area contributed by atoms with Crippen molar-refractivity contribution in [3.8, 4) is 0 Å². The molecule has 0 fully saturated rings. The number of anilines is 1. The predicted octanol–water partition coefficient (Wildman–Crippen LogP) is 2.05. The fourth-order valence-corrected chi connectivity index (χ4v) is 2.58. The van der Waals surface area contributed by atoms with Gasteiger partial charge in [0.15, 0.2) is 5.82 Å². The monoisotopic (exact) mass is 355 g/mol. The predicted molar refractivity (Wildman–Crippen MR) is 83.0 cm³/mol. The second kappa shape index (κ2) is 6.76. The van der Waals surface area contributed by atoms with Gasteiger partial charge in [0.25, 0.3) is 0 Å². The number of nitrogens with two attached hydrogens (primary N) is 1. The number of carbonyl (C=O) groups is 1. The second-order valence-electron chi connectivity index (χ2n) is 3.94. The van der Waals surface area contributed by atoms with Gasteiger partial charge in [0.1, 0.15) is 0 Å². The number of halogens is 1. The van der Waals surface area contributed by atoms with E-state index in [9.17, 15) is 4.79 Å². The third-order valence-electron chi connectivity index (χ3n) is 2.53. The maximum atomic E-state index is 11.9. The minimum Gasteiger partial charge on any atom is -0.336 e. The number of amides is 1. The molecule has 1 amide bonds. The summed E-state index contributed by atoms with van der Waals surface area (Å²) in [5, 5.41) is 11.2. The number of carbonyl (C=O) groups excluding carboxylic acids is 1. The van der Waals surface area contributed by atoms with Crippen molar-refractivity contribution in [3.05, 3.63) is 34.6 Å². The number of para-hydroxylation sites is 1. The molecule has 20 heavy (non-hydrogen) atoms. The molecule has 0 radical (unpaired) electrons. The summed E-state index contributed by atoms with van der Waals surface area (Å²) in [6, 6.07) is 7.44. The van der Waals surface area contributed by atoms with E-state index in [0.717, 1.165) is 10.2 Å². The molecule has 0 aliphatic rings. The van der Waals surface area contributed by atoms with Gasteiger partial charge in [0.05, 0.1) is 11.4 Å². The van der Waals surface area contributed by atoms with E-state index in [-0.39, 0.29) is 11.7 Å². The zero-order valence-electron chi connectivity index (χ0n) is 10.8. The molecule has 0 spiro atoms. The van der Waals surface area contributed by atoms with Crippen molar-refractivity contribution in [1.82, 2.24) is 14.9 Å². The van der Waals surface area contributed by atoms with E-state index in [0.29, 0.717) is 17.4 Å². The molecule has 1 heterocycles. The Bertz CT molecular complexity index is 616. The normalized spacial score (nSPS) is 10.5. The van der Waals surface area contributed by atoms with Crippen molar-refractivity contribution >= 4 is 39.3 Å². The number of nitrogens with zero attached hydrogens (tertiary/aromatic N) is 3. The summed E-state index contributed by atoms with van der Waals surface area (Å²) in [5.41, 5.74) is 0.738. The van der Waals surface area contributed by atoms with Crippen LogP contribution in [0.3, 0.4) is 0 Å². The van der Waals surface area contributed by atoms with Crippen LogP contribution in [0.1, 0.15) is 12.7 Å². The molecule has 2 rings (SSSR count). The van der Waals surface area contributed by atoms with Crippen LogP contribution in [0.15, 0.2) is 33.9 Å². The molecule has 106 valence electrons. The first kappa shape index (κ1) is 14.9. The lowest BCUT2D eigenvalue weighted by Gasteiger charge is -2.06. The minimum atomic E-state index is -0.122. The van der Waals surface area contributed by atoms with Gasteiger partial charge in [0, 0.05) is 10.9 Å². The quantitative estimate of drug-likeness (QED) is 0.633. The number of rotatable bonds is 5. The van der Waals surface area contributed by atoms with Gasteiger partial charge in [-0.25, -0.2) is 4.68 Å². The molecule has 6 nitrogen and oxygen atoms in total. The van der Waals surface area contributed by atoms with Gasteiger partial charge in [-0.15, -0.1) is 10.2 Å². The number of benzene rings is 1. The van der Waals surface area contributed by atoms with Gasteiger partial charge in [-0.2, -0.15) is 0 Å². The highest BCUT2D eigenvalue weighted by Crippen LogP contribution is 2.22. The average Bonchev–Trinajstić information content (AvgIpc) is 2.79. The highest BCUT2D eigenvalue weighted by Gasteiger charge is 2.11. The van der Waals surface area contributed by atoms with Crippen molar-refractivity contribution in [2.24, 2.45) is 0 Å². The van der Waals surface area contributed by atoms with Crippen LogP contribution in [0.4, 0.5) is 5.69 Å². The molecule has 0 saturated carbocycles. The molecule has 0 saturated heterocycles. The van der Waals surface area contributed by atoms with E-state index in [1.54, 1.807) is 0 Å².